The van der Waals surface area contributed by atoms with E-state index < -0.39 is 0 Å². The molecule has 124 valence electrons. The number of nitrogens with two attached hydrogens (primary N) is 1. The summed E-state index contributed by atoms with van der Waals surface area (Å²) in [5.74, 6) is 0.896. The van der Waals surface area contributed by atoms with Crippen LogP contribution in [0.25, 0.3) is 0 Å². The van der Waals surface area contributed by atoms with Crippen LogP contribution in [0.3, 0.4) is 0 Å². The number of carbonyl (C=O) groups is 1. The van der Waals surface area contributed by atoms with Crippen molar-refractivity contribution in [3.63, 3.8) is 0 Å². The first-order valence-electron chi connectivity index (χ1n) is 8.90. The van der Waals surface area contributed by atoms with Gasteiger partial charge in [0, 0.05) is 18.9 Å². The van der Waals surface area contributed by atoms with Crippen LogP contribution in [0.15, 0.2) is 11.6 Å². The molecule has 0 unspecified atom stereocenters. The number of hydrogen-bond acceptors (Lipinski definition) is 3. The fourth-order valence-corrected chi connectivity index (χ4v) is 4.85. The zero-order valence-corrected chi connectivity index (χ0v) is 13.9. The van der Waals surface area contributed by atoms with Crippen LogP contribution in [-0.4, -0.2) is 36.9 Å². The molecule has 22 heavy (non-hydrogen) atoms. The summed E-state index contributed by atoms with van der Waals surface area (Å²) in [7, 11) is 0. The third-order valence-electron chi connectivity index (χ3n) is 6.07. The van der Waals surface area contributed by atoms with E-state index in [9.17, 15) is 4.79 Å². The Morgan fingerprint density at radius 3 is 3.09 bits per heavy atom. The second-order valence-corrected chi connectivity index (χ2v) is 7.73. The van der Waals surface area contributed by atoms with E-state index in [-0.39, 0.29) is 35.9 Å². The number of esters is 1. The van der Waals surface area contributed by atoms with Crippen LogP contribution < -0.4 is 5.32 Å². The molecule has 1 saturated heterocycles. The molecular weight excluding hydrogens is 278 g/mol. The summed E-state index contributed by atoms with van der Waals surface area (Å²) < 4.78 is 5.73. The van der Waals surface area contributed by atoms with Crippen molar-refractivity contribution in [3.05, 3.63) is 11.6 Å². The van der Waals surface area contributed by atoms with Crippen molar-refractivity contribution < 1.29 is 20.0 Å². The summed E-state index contributed by atoms with van der Waals surface area (Å²) in [6.07, 6.45) is 8.09. The SMILES string of the molecule is C[C@H]1CCC[C@]2(C)C[C@H]3OC(=O)[C@H](C[NH2+]CCCO)[C@H]3C=C12. The van der Waals surface area contributed by atoms with Crippen molar-refractivity contribution in [2.75, 3.05) is 19.7 Å². The Hall–Kier alpha value is -0.870. The average Bonchev–Trinajstić information content (AvgIpc) is 2.76. The van der Waals surface area contributed by atoms with Gasteiger partial charge in [-0.05, 0) is 30.6 Å². The highest BCUT2D eigenvalue weighted by atomic mass is 16.6. The summed E-state index contributed by atoms with van der Waals surface area (Å²) in [4.78, 5) is 12.3. The number of quaternary nitrogens is 1. The van der Waals surface area contributed by atoms with Crippen LogP contribution in [-0.2, 0) is 9.53 Å². The molecule has 1 saturated carbocycles. The molecule has 5 atom stereocenters. The van der Waals surface area contributed by atoms with Gasteiger partial charge in [-0.1, -0.05) is 31.9 Å². The molecule has 3 N–H and O–H groups in total. The molecule has 4 nitrogen and oxygen atoms in total. The molecule has 0 bridgehead atoms. The van der Waals surface area contributed by atoms with Crippen molar-refractivity contribution in [2.45, 2.75) is 52.1 Å². The summed E-state index contributed by atoms with van der Waals surface area (Å²) in [6.45, 7) is 6.58. The highest BCUT2D eigenvalue weighted by Crippen LogP contribution is 2.53. The van der Waals surface area contributed by atoms with E-state index in [2.05, 4.69) is 25.2 Å². The molecule has 0 aromatic rings. The van der Waals surface area contributed by atoms with Crippen LogP contribution in [0, 0.1) is 23.2 Å². The lowest BCUT2D eigenvalue weighted by molar-refractivity contribution is -0.659. The fraction of sp³-hybridized carbons (Fsp3) is 0.833. The van der Waals surface area contributed by atoms with Crippen LogP contribution in [0.5, 0.6) is 0 Å². The zero-order valence-electron chi connectivity index (χ0n) is 13.9. The topological polar surface area (TPSA) is 63.1 Å². The molecule has 1 aliphatic heterocycles. The van der Waals surface area contributed by atoms with E-state index in [1.807, 2.05) is 0 Å². The van der Waals surface area contributed by atoms with Gasteiger partial charge >= 0.3 is 5.97 Å². The van der Waals surface area contributed by atoms with Crippen LogP contribution in [0.2, 0.25) is 0 Å². The largest absolute Gasteiger partial charge is 0.461 e. The average molecular weight is 308 g/mol. The predicted molar refractivity (Wildman–Crippen MR) is 84.0 cm³/mol. The first-order chi connectivity index (χ1) is 10.5. The molecule has 0 radical (unpaired) electrons. The smallest absolute Gasteiger partial charge is 0.315 e. The minimum absolute atomic E-state index is 0.00475. The number of hydrogen-bond donors (Lipinski definition) is 2. The zero-order chi connectivity index (χ0) is 15.7. The van der Waals surface area contributed by atoms with E-state index in [1.54, 1.807) is 5.57 Å². The van der Waals surface area contributed by atoms with E-state index in [0.29, 0.717) is 5.92 Å². The molecular formula is C18H30NO3+. The Balaban J connectivity index is 1.74. The van der Waals surface area contributed by atoms with Crippen LogP contribution >= 0.6 is 0 Å². The van der Waals surface area contributed by atoms with Gasteiger partial charge in [0.15, 0.2) is 0 Å². The Bertz CT molecular complexity index is 461. The van der Waals surface area contributed by atoms with Gasteiger partial charge in [0.05, 0.1) is 13.1 Å². The van der Waals surface area contributed by atoms with Gasteiger partial charge in [0.25, 0.3) is 0 Å². The Morgan fingerprint density at radius 1 is 1.50 bits per heavy atom. The highest BCUT2D eigenvalue weighted by Gasteiger charge is 2.52. The van der Waals surface area contributed by atoms with Crippen LogP contribution in [0.4, 0.5) is 0 Å². The lowest BCUT2D eigenvalue weighted by atomic mass is 9.59. The van der Waals surface area contributed by atoms with Crippen molar-refractivity contribution in [2.24, 2.45) is 23.2 Å². The van der Waals surface area contributed by atoms with Crippen molar-refractivity contribution in [3.8, 4) is 0 Å². The maximum absolute atomic E-state index is 12.3. The number of ether oxygens (including phenoxy) is 1. The number of aliphatic hydroxyl groups is 1. The lowest BCUT2D eigenvalue weighted by Crippen LogP contribution is -2.86. The normalized spacial score (nSPS) is 40.7. The second kappa shape index (κ2) is 6.32. The van der Waals surface area contributed by atoms with Crippen molar-refractivity contribution in [1.82, 2.24) is 0 Å². The first-order valence-corrected chi connectivity index (χ1v) is 8.90. The highest BCUT2D eigenvalue weighted by molar-refractivity contribution is 5.76. The third kappa shape index (κ3) is 2.83. The van der Waals surface area contributed by atoms with Crippen molar-refractivity contribution >= 4 is 5.97 Å². The molecule has 0 amide bonds. The van der Waals surface area contributed by atoms with Gasteiger partial charge in [0.2, 0.25) is 0 Å². The number of carbonyl (C=O) groups excluding carboxylic acids is 1. The summed E-state index contributed by atoms with van der Waals surface area (Å²) in [6, 6.07) is 0. The summed E-state index contributed by atoms with van der Waals surface area (Å²) >= 11 is 0. The third-order valence-corrected chi connectivity index (χ3v) is 6.07. The number of allylic oxidation sites excluding steroid dienone is 1. The van der Waals surface area contributed by atoms with E-state index >= 15 is 0 Å². The monoisotopic (exact) mass is 308 g/mol. The van der Waals surface area contributed by atoms with Gasteiger partial charge in [-0.3, -0.25) is 4.79 Å². The minimum atomic E-state index is -0.0120. The van der Waals surface area contributed by atoms with Crippen molar-refractivity contribution in [1.29, 1.82) is 0 Å². The molecule has 0 spiro atoms. The second-order valence-electron chi connectivity index (χ2n) is 7.73. The van der Waals surface area contributed by atoms with E-state index in [4.69, 9.17) is 9.84 Å². The Kier molecular flexibility index (Phi) is 4.60. The quantitative estimate of drug-likeness (QED) is 0.456. The number of rotatable bonds is 5. The summed E-state index contributed by atoms with van der Waals surface area (Å²) in [5, 5.41) is 11.0. The Labute approximate surface area is 133 Å². The van der Waals surface area contributed by atoms with Gasteiger partial charge in [-0.15, -0.1) is 0 Å². The standard InChI is InChI=1S/C18H29NO3/c1-12-5-3-6-18(2)10-16-13(9-15(12)18)14(17(21)22-16)11-19-7-4-8-20/h9,12-14,16,19-20H,3-8,10-11H2,1-2H3/p+1/t12-,13+,14+,16+,18+/m0/s1. The molecule has 0 aromatic heterocycles. The predicted octanol–water partition coefficient (Wildman–Crippen LogP) is 1.25. The molecule has 4 heteroatoms. The number of aliphatic hydroxyl groups excluding tert-OH is 1. The molecule has 0 aromatic carbocycles. The summed E-state index contributed by atoms with van der Waals surface area (Å²) in [5.41, 5.74) is 1.83. The fourth-order valence-electron chi connectivity index (χ4n) is 4.85. The molecule has 3 rings (SSSR count). The van der Waals surface area contributed by atoms with Gasteiger partial charge in [-0.2, -0.15) is 0 Å². The maximum atomic E-state index is 12.3. The van der Waals surface area contributed by atoms with Crippen LogP contribution in [0.1, 0.15) is 46.0 Å². The molecule has 3 aliphatic rings. The van der Waals surface area contributed by atoms with E-state index in [1.165, 1.54) is 19.3 Å². The van der Waals surface area contributed by atoms with E-state index in [0.717, 1.165) is 25.9 Å². The van der Waals surface area contributed by atoms with Gasteiger partial charge in [-0.25, -0.2) is 0 Å². The maximum Gasteiger partial charge on any atom is 0.315 e. The first kappa shape index (κ1) is 16.0. The van der Waals surface area contributed by atoms with Gasteiger partial charge in [0.1, 0.15) is 12.0 Å². The minimum Gasteiger partial charge on any atom is -0.461 e. The molecule has 2 aliphatic carbocycles. The number of fused-ring (bicyclic) bond motifs is 2. The van der Waals surface area contributed by atoms with Gasteiger partial charge < -0.3 is 15.2 Å². The molecule has 1 heterocycles. The lowest BCUT2D eigenvalue weighted by Gasteiger charge is -2.45. The molecule has 2 fully saturated rings. The Morgan fingerprint density at radius 2 is 2.32 bits per heavy atom.